The lowest BCUT2D eigenvalue weighted by Gasteiger charge is -2.15. The summed E-state index contributed by atoms with van der Waals surface area (Å²) in [5.41, 5.74) is 11.8. The fourth-order valence-corrected chi connectivity index (χ4v) is 5.92. The van der Waals surface area contributed by atoms with Gasteiger partial charge in [0.25, 0.3) is 0 Å². The molecule has 0 aromatic heterocycles. The van der Waals surface area contributed by atoms with E-state index < -0.39 is 24.4 Å². The molecular weight excluding hydrogens is 548 g/mol. The van der Waals surface area contributed by atoms with Gasteiger partial charge in [0.15, 0.2) is 12.5 Å². The summed E-state index contributed by atoms with van der Waals surface area (Å²) in [6.07, 6.45) is 38.5. The van der Waals surface area contributed by atoms with Crippen LogP contribution in [0.15, 0.2) is 0 Å². The molecule has 0 aliphatic rings. The largest absolute Gasteiger partial charge is 0.438 e. The van der Waals surface area contributed by atoms with Crippen molar-refractivity contribution in [3.8, 4) is 0 Å². The smallest absolute Gasteiger partial charge is 0.419 e. The summed E-state index contributed by atoms with van der Waals surface area (Å²) >= 11 is 0. The Morgan fingerprint density at radius 3 is 0.750 bits per heavy atom. The van der Waals surface area contributed by atoms with E-state index in [1.807, 2.05) is 0 Å². The summed E-state index contributed by atoms with van der Waals surface area (Å²) in [6.45, 7) is 4.54. The van der Waals surface area contributed by atoms with Crippen molar-refractivity contribution in [2.45, 2.75) is 232 Å². The molecule has 0 saturated heterocycles. The zero-order valence-corrected chi connectivity index (χ0v) is 29.6. The number of rotatable bonds is 34. The monoisotopic (exact) mass is 625 g/mol. The molecule has 0 bridgehead atoms. The number of hydrogen-bond donors (Lipinski definition) is 2. The van der Waals surface area contributed by atoms with Crippen molar-refractivity contribution < 1.29 is 19.1 Å². The molecule has 2 unspecified atom stereocenters. The second-order valence-corrected chi connectivity index (χ2v) is 13.4. The number of unbranched alkanes of at least 4 members (excludes halogenated alkanes) is 28. The molecule has 0 aliphatic carbocycles. The van der Waals surface area contributed by atoms with E-state index >= 15 is 0 Å². The van der Waals surface area contributed by atoms with Gasteiger partial charge in [0.1, 0.15) is 0 Å². The Bertz CT molecular complexity index is 564. The van der Waals surface area contributed by atoms with Gasteiger partial charge in [0.2, 0.25) is 0 Å². The van der Waals surface area contributed by atoms with Crippen LogP contribution in [-0.2, 0) is 19.1 Å². The number of nitrogens with two attached hydrogens (primary N) is 2. The SMILES string of the molecule is CCCCCCCCCCCCCCCCCC(N)OC(=O)C(=O)OC(N)CCCCCCCCCCCCCCCCC. The van der Waals surface area contributed by atoms with Crippen LogP contribution in [0.25, 0.3) is 0 Å². The van der Waals surface area contributed by atoms with Crippen LogP contribution in [0.2, 0.25) is 0 Å². The molecule has 0 saturated carbocycles. The molecule has 0 spiro atoms. The summed E-state index contributed by atoms with van der Waals surface area (Å²) < 4.78 is 10.1. The summed E-state index contributed by atoms with van der Waals surface area (Å²) in [7, 11) is 0. The first-order chi connectivity index (χ1) is 21.5. The lowest BCUT2D eigenvalue weighted by molar-refractivity contribution is -0.174. The van der Waals surface area contributed by atoms with E-state index in [2.05, 4.69) is 13.8 Å². The Labute approximate surface area is 273 Å². The third kappa shape index (κ3) is 32.3. The minimum absolute atomic E-state index is 0.558. The summed E-state index contributed by atoms with van der Waals surface area (Å²) in [6, 6.07) is 0. The lowest BCUT2D eigenvalue weighted by Crippen LogP contribution is -2.35. The highest BCUT2D eigenvalue weighted by Crippen LogP contribution is 2.16. The molecular formula is C38H76N2O4. The predicted octanol–water partition coefficient (Wildman–Crippen LogP) is 11.2. The van der Waals surface area contributed by atoms with Gasteiger partial charge < -0.3 is 9.47 Å². The second-order valence-electron chi connectivity index (χ2n) is 13.4. The fraction of sp³-hybridized carbons (Fsp3) is 0.947. The number of carbonyl (C=O) groups excluding carboxylic acids is 2. The van der Waals surface area contributed by atoms with E-state index in [0.717, 1.165) is 25.7 Å². The number of ether oxygens (including phenoxy) is 2. The van der Waals surface area contributed by atoms with Crippen LogP contribution < -0.4 is 11.5 Å². The maximum Gasteiger partial charge on any atom is 0.419 e. The molecule has 2 atom stereocenters. The Morgan fingerprint density at radius 1 is 0.364 bits per heavy atom. The van der Waals surface area contributed by atoms with Crippen LogP contribution in [0.1, 0.15) is 219 Å². The Balaban J connectivity index is 3.51. The Kier molecular flexibility index (Phi) is 33.8. The van der Waals surface area contributed by atoms with Gasteiger partial charge in [-0.2, -0.15) is 0 Å². The average Bonchev–Trinajstić information content (AvgIpc) is 3.00. The molecule has 0 radical (unpaired) electrons. The van der Waals surface area contributed by atoms with Gasteiger partial charge in [-0.15, -0.1) is 0 Å². The van der Waals surface area contributed by atoms with Crippen molar-refractivity contribution in [1.82, 2.24) is 0 Å². The van der Waals surface area contributed by atoms with Gasteiger partial charge in [0.05, 0.1) is 0 Å². The number of carbonyl (C=O) groups is 2. The molecule has 0 amide bonds. The minimum Gasteiger partial charge on any atom is -0.438 e. The van der Waals surface area contributed by atoms with Crippen molar-refractivity contribution in [3.05, 3.63) is 0 Å². The van der Waals surface area contributed by atoms with Crippen molar-refractivity contribution in [1.29, 1.82) is 0 Å². The van der Waals surface area contributed by atoms with Crippen LogP contribution in [0.5, 0.6) is 0 Å². The highest BCUT2D eigenvalue weighted by molar-refractivity contribution is 6.29. The van der Waals surface area contributed by atoms with Crippen LogP contribution in [-0.4, -0.2) is 24.4 Å². The molecule has 262 valence electrons. The zero-order chi connectivity index (χ0) is 32.4. The van der Waals surface area contributed by atoms with E-state index in [1.165, 1.54) is 167 Å². The average molecular weight is 625 g/mol. The first-order valence-corrected chi connectivity index (χ1v) is 19.4. The number of esters is 2. The standard InChI is InChI=1S/C38H76N2O4/c1-3-5-7-9-11-13-15-17-19-21-23-25-27-29-31-33-35(39)43-37(41)38(42)44-36(40)34-32-30-28-26-24-22-20-18-16-14-12-10-8-6-4-2/h35-36H,3-34,39-40H2,1-2H3. The quantitative estimate of drug-likeness (QED) is 0.0319. The second kappa shape index (κ2) is 34.7. The molecule has 6 heteroatoms. The normalized spacial score (nSPS) is 12.7. The maximum atomic E-state index is 12.0. The molecule has 0 aliphatic heterocycles. The summed E-state index contributed by atoms with van der Waals surface area (Å²) in [5.74, 6) is -2.07. The summed E-state index contributed by atoms with van der Waals surface area (Å²) in [5, 5.41) is 0. The van der Waals surface area contributed by atoms with Gasteiger partial charge in [-0.05, 0) is 25.7 Å². The molecule has 6 nitrogen and oxygen atoms in total. The molecule has 4 N–H and O–H groups in total. The van der Waals surface area contributed by atoms with Crippen LogP contribution in [0.3, 0.4) is 0 Å². The van der Waals surface area contributed by atoms with Crippen molar-refractivity contribution >= 4 is 11.9 Å². The van der Waals surface area contributed by atoms with Gasteiger partial charge in [-0.3, -0.25) is 11.5 Å². The van der Waals surface area contributed by atoms with Crippen molar-refractivity contribution in [2.24, 2.45) is 11.5 Å². The number of hydrogen-bond acceptors (Lipinski definition) is 6. The van der Waals surface area contributed by atoms with E-state index in [9.17, 15) is 9.59 Å². The summed E-state index contributed by atoms with van der Waals surface area (Å²) in [4.78, 5) is 24.1. The fourth-order valence-electron chi connectivity index (χ4n) is 5.92. The van der Waals surface area contributed by atoms with Crippen molar-refractivity contribution in [3.63, 3.8) is 0 Å². The van der Waals surface area contributed by atoms with Crippen LogP contribution in [0.4, 0.5) is 0 Å². The molecule has 0 aromatic rings. The predicted molar refractivity (Wildman–Crippen MR) is 187 cm³/mol. The van der Waals surface area contributed by atoms with Gasteiger partial charge in [-0.25, -0.2) is 9.59 Å². The Morgan fingerprint density at radius 2 is 0.545 bits per heavy atom. The van der Waals surface area contributed by atoms with Gasteiger partial charge >= 0.3 is 11.9 Å². The van der Waals surface area contributed by atoms with Crippen molar-refractivity contribution in [2.75, 3.05) is 0 Å². The van der Waals surface area contributed by atoms with E-state index in [1.54, 1.807) is 0 Å². The Hall–Kier alpha value is -1.14. The molecule has 0 rings (SSSR count). The van der Waals surface area contributed by atoms with E-state index in [4.69, 9.17) is 20.9 Å². The van der Waals surface area contributed by atoms with Gasteiger partial charge in [0, 0.05) is 0 Å². The highest BCUT2D eigenvalue weighted by Gasteiger charge is 2.22. The maximum absolute atomic E-state index is 12.0. The zero-order valence-electron chi connectivity index (χ0n) is 29.6. The lowest BCUT2D eigenvalue weighted by atomic mass is 10.0. The van der Waals surface area contributed by atoms with E-state index in [-0.39, 0.29) is 0 Å². The third-order valence-corrected chi connectivity index (χ3v) is 8.87. The highest BCUT2D eigenvalue weighted by atomic mass is 16.6. The molecule has 44 heavy (non-hydrogen) atoms. The minimum atomic E-state index is -1.04. The van der Waals surface area contributed by atoms with Crippen LogP contribution >= 0.6 is 0 Å². The topological polar surface area (TPSA) is 105 Å². The third-order valence-electron chi connectivity index (χ3n) is 8.87. The first-order valence-electron chi connectivity index (χ1n) is 19.4. The molecule has 0 heterocycles. The van der Waals surface area contributed by atoms with E-state index in [0.29, 0.717) is 12.8 Å². The molecule has 0 fully saturated rings. The molecule has 0 aromatic carbocycles. The van der Waals surface area contributed by atoms with Gasteiger partial charge in [-0.1, -0.05) is 194 Å². The first kappa shape index (κ1) is 42.9. The van der Waals surface area contributed by atoms with Crippen LogP contribution in [0, 0.1) is 0 Å².